The maximum absolute atomic E-state index is 11.8. The fraction of sp³-hybridized carbons (Fsp3) is 0.923. The molecule has 0 aromatic carbocycles. The summed E-state index contributed by atoms with van der Waals surface area (Å²) in [6, 6.07) is 0.756. The maximum Gasteiger partial charge on any atom is 0.238 e. The van der Waals surface area contributed by atoms with Crippen LogP contribution in [0.4, 0.5) is 0 Å². The Balaban J connectivity index is 0.00000180. The summed E-state index contributed by atoms with van der Waals surface area (Å²) in [4.78, 5) is 14.3. The summed E-state index contributed by atoms with van der Waals surface area (Å²) in [7, 11) is 0. The largest absolute Gasteiger partial charge is 0.355 e. The van der Waals surface area contributed by atoms with Crippen molar-refractivity contribution in [1.29, 1.82) is 0 Å². The van der Waals surface area contributed by atoms with E-state index in [1.54, 1.807) is 11.8 Å². The Morgan fingerprint density at radius 3 is 2.85 bits per heavy atom. The highest BCUT2D eigenvalue weighted by atomic mass is 35.5. The number of halogens is 2. The van der Waals surface area contributed by atoms with Crippen LogP contribution in [0.1, 0.15) is 32.6 Å². The van der Waals surface area contributed by atoms with E-state index in [1.807, 2.05) is 0 Å². The summed E-state index contributed by atoms with van der Waals surface area (Å²) in [5.74, 6) is 1.99. The van der Waals surface area contributed by atoms with Crippen molar-refractivity contribution in [2.75, 3.05) is 31.3 Å². The molecule has 2 atom stereocenters. The maximum atomic E-state index is 11.8. The number of carbonyl (C=O) groups excluding carboxylic acids is 1. The first-order valence-corrected chi connectivity index (χ1v) is 8.26. The van der Waals surface area contributed by atoms with Gasteiger partial charge in [-0.3, -0.25) is 10.1 Å². The van der Waals surface area contributed by atoms with E-state index in [1.165, 1.54) is 25.8 Å². The number of rotatable bonds is 5. The molecule has 2 aliphatic rings. The van der Waals surface area contributed by atoms with E-state index in [0.29, 0.717) is 0 Å². The van der Waals surface area contributed by atoms with E-state index >= 15 is 0 Å². The molecule has 7 heteroatoms. The summed E-state index contributed by atoms with van der Waals surface area (Å²) in [6.45, 7) is 5.48. The fourth-order valence-corrected chi connectivity index (χ4v) is 3.61. The van der Waals surface area contributed by atoms with Gasteiger partial charge >= 0.3 is 0 Å². The second-order valence-corrected chi connectivity index (χ2v) is 6.33. The number of hydrogen-bond donors (Lipinski definition) is 2. The third-order valence-electron chi connectivity index (χ3n) is 3.89. The van der Waals surface area contributed by atoms with Crippen LogP contribution in [0.3, 0.4) is 0 Å². The predicted octanol–water partition coefficient (Wildman–Crippen LogP) is 1.87. The highest BCUT2D eigenvalue weighted by molar-refractivity contribution is 7.99. The van der Waals surface area contributed by atoms with Gasteiger partial charge in [0.15, 0.2) is 0 Å². The first-order valence-electron chi connectivity index (χ1n) is 7.10. The Labute approximate surface area is 139 Å². The zero-order valence-electron chi connectivity index (χ0n) is 12.1. The van der Waals surface area contributed by atoms with E-state index < -0.39 is 0 Å². The Hall–Kier alpha value is 0.320. The van der Waals surface area contributed by atoms with Crippen molar-refractivity contribution in [3.63, 3.8) is 0 Å². The molecule has 2 unspecified atom stereocenters. The van der Waals surface area contributed by atoms with Crippen molar-refractivity contribution in [3.05, 3.63) is 0 Å². The van der Waals surface area contributed by atoms with Crippen LogP contribution in [0.15, 0.2) is 0 Å². The lowest BCUT2D eigenvalue weighted by Crippen LogP contribution is -2.43. The molecule has 0 aromatic rings. The number of thioether (sulfide) groups is 1. The number of amides is 1. The molecule has 0 spiro atoms. The smallest absolute Gasteiger partial charge is 0.238 e. The highest BCUT2D eigenvalue weighted by Crippen LogP contribution is 2.16. The quantitative estimate of drug-likeness (QED) is 0.748. The van der Waals surface area contributed by atoms with E-state index in [2.05, 4.69) is 22.5 Å². The summed E-state index contributed by atoms with van der Waals surface area (Å²) < 4.78 is 0. The Morgan fingerprint density at radius 1 is 1.40 bits per heavy atom. The minimum absolute atomic E-state index is 0. The van der Waals surface area contributed by atoms with Gasteiger partial charge in [0.2, 0.25) is 5.91 Å². The van der Waals surface area contributed by atoms with Gasteiger partial charge in [-0.05, 0) is 32.7 Å². The average Bonchev–Trinajstić information content (AvgIpc) is 2.90. The number of nitrogens with zero attached hydrogens (tertiary/aromatic N) is 1. The summed E-state index contributed by atoms with van der Waals surface area (Å²) in [6.07, 6.45) is 5.10. The topological polar surface area (TPSA) is 44.4 Å². The van der Waals surface area contributed by atoms with Gasteiger partial charge in [0.1, 0.15) is 0 Å². The minimum atomic E-state index is 0. The Morgan fingerprint density at radius 2 is 2.20 bits per heavy atom. The van der Waals surface area contributed by atoms with Gasteiger partial charge in [-0.25, -0.2) is 0 Å². The van der Waals surface area contributed by atoms with Crippen molar-refractivity contribution in [2.45, 2.75) is 44.7 Å². The molecule has 0 radical (unpaired) electrons. The van der Waals surface area contributed by atoms with Gasteiger partial charge in [0.05, 0.1) is 6.04 Å². The van der Waals surface area contributed by atoms with Gasteiger partial charge in [-0.2, -0.15) is 0 Å². The lowest BCUT2D eigenvalue weighted by atomic mass is 10.0. The van der Waals surface area contributed by atoms with Crippen molar-refractivity contribution in [3.8, 4) is 0 Å². The molecule has 0 saturated carbocycles. The Kier molecular flexibility index (Phi) is 11.1. The normalized spacial score (nSPS) is 26.4. The molecule has 0 aromatic heterocycles. The highest BCUT2D eigenvalue weighted by Gasteiger charge is 2.22. The van der Waals surface area contributed by atoms with E-state index in [0.717, 1.165) is 37.2 Å². The molecule has 120 valence electrons. The van der Waals surface area contributed by atoms with Crippen LogP contribution in [0.25, 0.3) is 0 Å². The second kappa shape index (κ2) is 11.0. The molecule has 2 rings (SSSR count). The van der Waals surface area contributed by atoms with Crippen molar-refractivity contribution in [1.82, 2.24) is 15.5 Å². The van der Waals surface area contributed by atoms with Crippen LogP contribution in [-0.4, -0.2) is 54.2 Å². The average molecular weight is 344 g/mol. The van der Waals surface area contributed by atoms with Gasteiger partial charge < -0.3 is 10.2 Å². The Bertz CT molecular complexity index is 278. The fourth-order valence-electron chi connectivity index (χ4n) is 2.67. The third kappa shape index (κ3) is 6.39. The summed E-state index contributed by atoms with van der Waals surface area (Å²) >= 11 is 1.79. The number of carbonyl (C=O) groups is 1. The molecular weight excluding hydrogens is 317 g/mol. The molecule has 4 nitrogen and oxygen atoms in total. The lowest BCUT2D eigenvalue weighted by molar-refractivity contribution is -0.122. The van der Waals surface area contributed by atoms with Crippen LogP contribution in [-0.2, 0) is 4.79 Å². The molecule has 20 heavy (non-hydrogen) atoms. The standard InChI is InChI=1S/C13H25N3OS.2ClH/c1-11-5-2-3-7-16(11)8-4-6-14-13(17)12-9-18-10-15-12;;/h11-12,15H,2-10H2,1H3,(H,14,17);2*1H. The number of nitrogens with one attached hydrogen (secondary N) is 2. The molecule has 2 N–H and O–H groups in total. The first kappa shape index (κ1) is 20.3. The lowest BCUT2D eigenvalue weighted by Gasteiger charge is -2.33. The number of piperidine rings is 1. The van der Waals surface area contributed by atoms with E-state index in [-0.39, 0.29) is 36.8 Å². The minimum Gasteiger partial charge on any atom is -0.355 e. The zero-order valence-corrected chi connectivity index (χ0v) is 14.5. The summed E-state index contributed by atoms with van der Waals surface area (Å²) in [5, 5.41) is 6.23. The third-order valence-corrected chi connectivity index (χ3v) is 4.83. The van der Waals surface area contributed by atoms with Gasteiger partial charge in [0, 0.05) is 30.8 Å². The summed E-state index contributed by atoms with van der Waals surface area (Å²) in [5.41, 5.74) is 0. The van der Waals surface area contributed by atoms with Crippen LogP contribution in [0.5, 0.6) is 0 Å². The molecule has 2 aliphatic heterocycles. The van der Waals surface area contributed by atoms with Crippen molar-refractivity contribution in [2.24, 2.45) is 0 Å². The first-order chi connectivity index (χ1) is 8.77. The molecule has 0 bridgehead atoms. The van der Waals surface area contributed by atoms with Crippen LogP contribution < -0.4 is 10.6 Å². The number of hydrogen-bond acceptors (Lipinski definition) is 4. The van der Waals surface area contributed by atoms with Gasteiger partial charge in [-0.1, -0.05) is 6.42 Å². The SMILES string of the molecule is CC1CCCCN1CCCNC(=O)C1CSCN1.Cl.Cl. The van der Waals surface area contributed by atoms with Crippen LogP contribution in [0, 0.1) is 0 Å². The molecule has 2 heterocycles. The molecular formula is C13H27Cl2N3OS. The van der Waals surface area contributed by atoms with Gasteiger partial charge in [-0.15, -0.1) is 36.6 Å². The van der Waals surface area contributed by atoms with Gasteiger partial charge in [0.25, 0.3) is 0 Å². The molecule has 2 saturated heterocycles. The van der Waals surface area contributed by atoms with E-state index in [9.17, 15) is 4.79 Å². The van der Waals surface area contributed by atoms with Crippen molar-refractivity contribution >= 4 is 42.5 Å². The molecule has 1 amide bonds. The van der Waals surface area contributed by atoms with Crippen LogP contribution in [0.2, 0.25) is 0 Å². The zero-order chi connectivity index (χ0) is 12.8. The molecule has 0 aliphatic carbocycles. The molecule has 2 fully saturated rings. The second-order valence-electron chi connectivity index (χ2n) is 5.30. The van der Waals surface area contributed by atoms with Crippen molar-refractivity contribution < 1.29 is 4.79 Å². The van der Waals surface area contributed by atoms with E-state index in [4.69, 9.17) is 0 Å². The monoisotopic (exact) mass is 343 g/mol. The van der Waals surface area contributed by atoms with Crippen LogP contribution >= 0.6 is 36.6 Å². The predicted molar refractivity (Wildman–Crippen MR) is 91.3 cm³/mol. The number of likely N-dealkylation sites (tertiary alicyclic amines) is 1.